The van der Waals surface area contributed by atoms with Gasteiger partial charge < -0.3 is 14.8 Å². The van der Waals surface area contributed by atoms with Crippen LogP contribution < -0.4 is 10.2 Å². The highest BCUT2D eigenvalue weighted by atomic mass is 15.3. The molecule has 16 heavy (non-hydrogen) atoms. The van der Waals surface area contributed by atoms with Crippen molar-refractivity contribution in [3.05, 3.63) is 12.4 Å². The number of imidazole rings is 1. The Hall–Kier alpha value is -1.03. The third-order valence-corrected chi connectivity index (χ3v) is 3.86. The Morgan fingerprint density at radius 1 is 1.50 bits per heavy atom. The highest BCUT2D eigenvalue weighted by Crippen LogP contribution is 2.30. The van der Waals surface area contributed by atoms with Crippen LogP contribution in [0.2, 0.25) is 0 Å². The minimum Gasteiger partial charge on any atom is -0.338 e. The van der Waals surface area contributed by atoms with Gasteiger partial charge in [0.05, 0.1) is 0 Å². The van der Waals surface area contributed by atoms with Crippen molar-refractivity contribution in [2.45, 2.75) is 32.4 Å². The molecule has 0 radical (unpaired) electrons. The molecular weight excluding hydrogens is 200 g/mol. The van der Waals surface area contributed by atoms with Crippen LogP contribution in [0.1, 0.15) is 19.8 Å². The Morgan fingerprint density at radius 2 is 2.44 bits per heavy atom. The second-order valence-electron chi connectivity index (χ2n) is 4.89. The highest BCUT2D eigenvalue weighted by Gasteiger charge is 2.38. The maximum atomic E-state index is 4.54. The van der Waals surface area contributed by atoms with E-state index >= 15 is 0 Å². The first kappa shape index (κ1) is 10.1. The molecule has 2 aliphatic rings. The Labute approximate surface area is 96.7 Å². The number of anilines is 1. The first-order chi connectivity index (χ1) is 7.90. The van der Waals surface area contributed by atoms with Gasteiger partial charge in [0, 0.05) is 44.6 Å². The molecule has 0 saturated carbocycles. The van der Waals surface area contributed by atoms with Gasteiger partial charge in [0.1, 0.15) is 0 Å². The fraction of sp³-hybridized carbons (Fsp3) is 0.750. The highest BCUT2D eigenvalue weighted by molar-refractivity contribution is 5.36. The number of fused-ring (bicyclic) bond motifs is 1. The van der Waals surface area contributed by atoms with Gasteiger partial charge in [-0.15, -0.1) is 0 Å². The maximum Gasteiger partial charge on any atom is 0.205 e. The molecule has 3 heterocycles. The molecule has 1 aromatic heterocycles. The zero-order valence-electron chi connectivity index (χ0n) is 9.89. The monoisotopic (exact) mass is 220 g/mol. The molecule has 1 aromatic rings. The Morgan fingerprint density at radius 3 is 3.31 bits per heavy atom. The largest absolute Gasteiger partial charge is 0.338 e. The van der Waals surface area contributed by atoms with Crippen molar-refractivity contribution in [3.63, 3.8) is 0 Å². The van der Waals surface area contributed by atoms with E-state index in [4.69, 9.17) is 0 Å². The van der Waals surface area contributed by atoms with Crippen LogP contribution >= 0.6 is 0 Å². The van der Waals surface area contributed by atoms with Gasteiger partial charge in [0.2, 0.25) is 5.95 Å². The van der Waals surface area contributed by atoms with Crippen molar-refractivity contribution in [2.75, 3.05) is 24.5 Å². The molecule has 88 valence electrons. The third-order valence-electron chi connectivity index (χ3n) is 3.86. The molecule has 2 atom stereocenters. The van der Waals surface area contributed by atoms with E-state index in [-0.39, 0.29) is 0 Å². The molecule has 2 saturated heterocycles. The molecule has 0 bridgehead atoms. The van der Waals surface area contributed by atoms with Crippen LogP contribution in [0.4, 0.5) is 5.95 Å². The summed E-state index contributed by atoms with van der Waals surface area (Å²) in [5.74, 6) is 2.02. The summed E-state index contributed by atoms with van der Waals surface area (Å²) in [7, 11) is 0. The van der Waals surface area contributed by atoms with Crippen LogP contribution in [0.3, 0.4) is 0 Å². The number of aromatic nitrogens is 2. The minimum absolute atomic E-state index is 0.679. The van der Waals surface area contributed by atoms with Gasteiger partial charge in [0.15, 0.2) is 0 Å². The zero-order chi connectivity index (χ0) is 11.0. The molecule has 2 aliphatic heterocycles. The molecule has 0 amide bonds. The molecule has 3 rings (SSSR count). The van der Waals surface area contributed by atoms with Crippen molar-refractivity contribution in [1.29, 1.82) is 0 Å². The summed E-state index contributed by atoms with van der Waals surface area (Å²) < 4.78 is 2.29. The molecule has 0 spiro atoms. The number of nitrogens with zero attached hydrogens (tertiary/aromatic N) is 3. The van der Waals surface area contributed by atoms with Crippen molar-refractivity contribution >= 4 is 5.95 Å². The number of aryl methyl sites for hydroxylation is 1. The number of rotatable bonds is 3. The molecular formula is C12H20N4. The first-order valence-electron chi connectivity index (χ1n) is 6.38. The lowest BCUT2D eigenvalue weighted by molar-refractivity contribution is 0.568. The van der Waals surface area contributed by atoms with Gasteiger partial charge in [0.25, 0.3) is 0 Å². The SMILES string of the molecule is CCCn1ccnc1N1CC[C@H]2CNC[C@H]21. The van der Waals surface area contributed by atoms with Crippen LogP contribution in [0.25, 0.3) is 0 Å². The van der Waals surface area contributed by atoms with Gasteiger partial charge in [-0.2, -0.15) is 0 Å². The average Bonchev–Trinajstić information content (AvgIpc) is 2.91. The van der Waals surface area contributed by atoms with E-state index in [2.05, 4.69) is 32.9 Å². The average molecular weight is 220 g/mol. The topological polar surface area (TPSA) is 33.1 Å². The van der Waals surface area contributed by atoms with E-state index in [9.17, 15) is 0 Å². The van der Waals surface area contributed by atoms with E-state index in [1.54, 1.807) is 0 Å². The van der Waals surface area contributed by atoms with Gasteiger partial charge in [-0.1, -0.05) is 6.92 Å². The van der Waals surface area contributed by atoms with Crippen LogP contribution in [0.15, 0.2) is 12.4 Å². The van der Waals surface area contributed by atoms with Crippen molar-refractivity contribution in [3.8, 4) is 0 Å². The molecule has 4 nitrogen and oxygen atoms in total. The van der Waals surface area contributed by atoms with E-state index in [0.717, 1.165) is 19.0 Å². The number of hydrogen-bond acceptors (Lipinski definition) is 3. The summed E-state index contributed by atoms with van der Waals surface area (Å²) >= 11 is 0. The normalized spacial score (nSPS) is 28.7. The summed E-state index contributed by atoms with van der Waals surface area (Å²) in [5.41, 5.74) is 0. The molecule has 4 heteroatoms. The first-order valence-corrected chi connectivity index (χ1v) is 6.38. The summed E-state index contributed by atoms with van der Waals surface area (Å²) in [6.07, 6.45) is 6.52. The van der Waals surface area contributed by atoms with E-state index in [1.165, 1.54) is 31.9 Å². The second-order valence-corrected chi connectivity index (χ2v) is 4.89. The number of nitrogens with one attached hydrogen (secondary N) is 1. The van der Waals surface area contributed by atoms with Crippen LogP contribution in [-0.2, 0) is 6.54 Å². The van der Waals surface area contributed by atoms with E-state index in [0.29, 0.717) is 6.04 Å². The lowest BCUT2D eigenvalue weighted by Gasteiger charge is -2.25. The van der Waals surface area contributed by atoms with Gasteiger partial charge in [-0.3, -0.25) is 0 Å². The molecule has 1 N–H and O–H groups in total. The maximum absolute atomic E-state index is 4.54. The third kappa shape index (κ3) is 1.52. The van der Waals surface area contributed by atoms with Crippen LogP contribution in [0, 0.1) is 5.92 Å². The molecule has 0 unspecified atom stereocenters. The second kappa shape index (κ2) is 4.09. The van der Waals surface area contributed by atoms with Crippen molar-refractivity contribution in [1.82, 2.24) is 14.9 Å². The Kier molecular flexibility index (Phi) is 2.59. The summed E-state index contributed by atoms with van der Waals surface area (Å²) in [4.78, 5) is 7.04. The minimum atomic E-state index is 0.679. The van der Waals surface area contributed by atoms with Gasteiger partial charge in [-0.25, -0.2) is 4.98 Å². The Balaban J connectivity index is 1.83. The van der Waals surface area contributed by atoms with Gasteiger partial charge >= 0.3 is 0 Å². The Bertz CT molecular complexity index is 360. The molecule has 0 aromatic carbocycles. The lowest BCUT2D eigenvalue weighted by atomic mass is 10.1. The quantitative estimate of drug-likeness (QED) is 0.828. The fourth-order valence-corrected chi connectivity index (χ4v) is 3.07. The van der Waals surface area contributed by atoms with Crippen LogP contribution in [0.5, 0.6) is 0 Å². The summed E-state index contributed by atoms with van der Waals surface area (Å²) in [6.45, 7) is 6.79. The number of hydrogen-bond donors (Lipinski definition) is 1. The summed E-state index contributed by atoms with van der Waals surface area (Å²) in [5, 5.41) is 3.49. The summed E-state index contributed by atoms with van der Waals surface area (Å²) in [6, 6.07) is 0.679. The van der Waals surface area contributed by atoms with Crippen molar-refractivity contribution in [2.24, 2.45) is 5.92 Å². The lowest BCUT2D eigenvalue weighted by Crippen LogP contribution is -2.36. The van der Waals surface area contributed by atoms with Gasteiger partial charge in [-0.05, 0) is 18.8 Å². The zero-order valence-corrected chi connectivity index (χ0v) is 9.89. The van der Waals surface area contributed by atoms with E-state index in [1.807, 2.05) is 6.20 Å². The smallest absolute Gasteiger partial charge is 0.205 e. The molecule has 0 aliphatic carbocycles. The van der Waals surface area contributed by atoms with Crippen molar-refractivity contribution < 1.29 is 0 Å². The van der Waals surface area contributed by atoms with E-state index < -0.39 is 0 Å². The predicted octanol–water partition coefficient (Wildman–Crippen LogP) is 1.09. The molecule has 2 fully saturated rings. The standard InChI is InChI=1S/C12H20N4/c1-2-5-15-7-4-14-12(15)16-6-3-10-8-13-9-11(10)16/h4,7,10-11,13H,2-3,5-6,8-9H2,1H3/t10-,11+/m0/s1. The fourth-order valence-electron chi connectivity index (χ4n) is 3.07. The predicted molar refractivity (Wildman–Crippen MR) is 64.6 cm³/mol. The van der Waals surface area contributed by atoms with Crippen LogP contribution in [-0.4, -0.2) is 35.2 Å².